The molecular formula is C17H17N3O5. The van der Waals surface area contributed by atoms with Crippen LogP contribution >= 0.6 is 0 Å². The number of nitrogens with zero attached hydrogens (tertiary/aromatic N) is 2. The second-order valence-electron chi connectivity index (χ2n) is 5.20. The van der Waals surface area contributed by atoms with Crippen LogP contribution in [0.1, 0.15) is 5.56 Å². The summed E-state index contributed by atoms with van der Waals surface area (Å²) in [5.74, 6) is -1.76. The first-order valence-electron chi connectivity index (χ1n) is 7.50. The molecule has 0 spiro atoms. The zero-order valence-electron chi connectivity index (χ0n) is 13.3. The Morgan fingerprint density at radius 1 is 1.12 bits per heavy atom. The number of hydrogen-bond acceptors (Lipinski definition) is 5. The van der Waals surface area contributed by atoms with Crippen LogP contribution in [0.2, 0.25) is 0 Å². The van der Waals surface area contributed by atoms with Crippen molar-refractivity contribution in [3.05, 3.63) is 70.3 Å². The van der Waals surface area contributed by atoms with E-state index in [-0.39, 0.29) is 31.1 Å². The fourth-order valence-corrected chi connectivity index (χ4v) is 2.20. The second kappa shape index (κ2) is 8.55. The van der Waals surface area contributed by atoms with Gasteiger partial charge >= 0.3 is 11.8 Å². The average molecular weight is 343 g/mol. The Kier molecular flexibility index (Phi) is 6.19. The zero-order chi connectivity index (χ0) is 18.2. The highest BCUT2D eigenvalue weighted by atomic mass is 16.6. The third-order valence-corrected chi connectivity index (χ3v) is 3.38. The molecule has 0 saturated carbocycles. The molecule has 0 saturated heterocycles. The minimum absolute atomic E-state index is 0.00388. The van der Waals surface area contributed by atoms with Crippen LogP contribution in [0, 0.1) is 10.1 Å². The van der Waals surface area contributed by atoms with Crippen molar-refractivity contribution in [1.29, 1.82) is 0 Å². The standard InChI is InChI=1S/C17H17N3O5/c21-10-9-19(12-13-5-2-1-3-6-13)17(23)16(22)18-14-7-4-8-15(11-14)20(24)25/h1-8,11,21H,9-10,12H2,(H,18,22). The zero-order valence-corrected chi connectivity index (χ0v) is 13.3. The molecule has 0 aliphatic carbocycles. The van der Waals surface area contributed by atoms with Gasteiger partial charge in [0.05, 0.1) is 11.5 Å². The smallest absolute Gasteiger partial charge is 0.313 e. The summed E-state index contributed by atoms with van der Waals surface area (Å²) in [6.07, 6.45) is 0. The maximum atomic E-state index is 12.3. The van der Waals surface area contributed by atoms with Crippen molar-refractivity contribution in [3.8, 4) is 0 Å². The van der Waals surface area contributed by atoms with Crippen LogP contribution in [0.4, 0.5) is 11.4 Å². The third-order valence-electron chi connectivity index (χ3n) is 3.38. The molecule has 2 aromatic rings. The number of carbonyl (C=O) groups excluding carboxylic acids is 2. The fraction of sp³-hybridized carbons (Fsp3) is 0.176. The van der Waals surface area contributed by atoms with Gasteiger partial charge in [-0.15, -0.1) is 0 Å². The summed E-state index contributed by atoms with van der Waals surface area (Å²) in [6, 6.07) is 14.4. The van der Waals surface area contributed by atoms with Gasteiger partial charge in [-0.05, 0) is 11.6 Å². The number of hydrogen-bond donors (Lipinski definition) is 2. The Morgan fingerprint density at radius 2 is 1.84 bits per heavy atom. The van der Waals surface area contributed by atoms with E-state index in [1.807, 2.05) is 6.07 Å². The maximum absolute atomic E-state index is 12.3. The number of nitro groups is 1. The summed E-state index contributed by atoms with van der Waals surface area (Å²) < 4.78 is 0. The molecule has 0 aliphatic heterocycles. The number of nitrogens with one attached hydrogen (secondary N) is 1. The molecular weight excluding hydrogens is 326 g/mol. The minimum atomic E-state index is -0.926. The van der Waals surface area contributed by atoms with E-state index in [0.29, 0.717) is 0 Å². The van der Waals surface area contributed by atoms with E-state index in [1.165, 1.54) is 29.2 Å². The minimum Gasteiger partial charge on any atom is -0.395 e. The lowest BCUT2D eigenvalue weighted by atomic mass is 10.2. The molecule has 130 valence electrons. The van der Waals surface area contributed by atoms with Crippen molar-refractivity contribution >= 4 is 23.2 Å². The molecule has 0 heterocycles. The van der Waals surface area contributed by atoms with E-state index in [0.717, 1.165) is 5.56 Å². The average Bonchev–Trinajstić information content (AvgIpc) is 2.61. The summed E-state index contributed by atoms with van der Waals surface area (Å²) in [5.41, 5.74) is 0.769. The third kappa shape index (κ3) is 5.11. The van der Waals surface area contributed by atoms with Crippen molar-refractivity contribution in [2.45, 2.75) is 6.54 Å². The number of aliphatic hydroxyl groups excluding tert-OH is 1. The molecule has 2 aromatic carbocycles. The Bertz CT molecular complexity index is 764. The Morgan fingerprint density at radius 3 is 2.48 bits per heavy atom. The van der Waals surface area contributed by atoms with E-state index in [1.54, 1.807) is 24.3 Å². The summed E-state index contributed by atoms with van der Waals surface area (Å²) in [4.78, 5) is 35.9. The highest BCUT2D eigenvalue weighted by molar-refractivity contribution is 6.39. The van der Waals surface area contributed by atoms with Gasteiger partial charge in [-0.25, -0.2) is 0 Å². The van der Waals surface area contributed by atoms with Gasteiger partial charge in [0, 0.05) is 30.9 Å². The molecule has 0 unspecified atom stereocenters. The predicted octanol–water partition coefficient (Wildman–Crippen LogP) is 1.55. The number of amides is 2. The fourth-order valence-electron chi connectivity index (χ4n) is 2.20. The summed E-state index contributed by atoms with van der Waals surface area (Å²) in [5, 5.41) is 22.2. The van der Waals surface area contributed by atoms with Crippen molar-refractivity contribution < 1.29 is 19.6 Å². The molecule has 0 atom stereocenters. The molecule has 8 heteroatoms. The highest BCUT2D eigenvalue weighted by Gasteiger charge is 2.22. The first-order chi connectivity index (χ1) is 12.0. The van der Waals surface area contributed by atoms with Gasteiger partial charge < -0.3 is 15.3 Å². The number of non-ortho nitro benzene ring substituents is 1. The van der Waals surface area contributed by atoms with E-state index >= 15 is 0 Å². The predicted molar refractivity (Wildman–Crippen MR) is 90.7 cm³/mol. The van der Waals surface area contributed by atoms with Crippen LogP contribution in [0.25, 0.3) is 0 Å². The number of aliphatic hydroxyl groups is 1. The number of anilines is 1. The monoisotopic (exact) mass is 343 g/mol. The van der Waals surface area contributed by atoms with Crippen molar-refractivity contribution in [3.63, 3.8) is 0 Å². The van der Waals surface area contributed by atoms with Crippen LogP contribution in [0.15, 0.2) is 54.6 Å². The second-order valence-corrected chi connectivity index (χ2v) is 5.20. The molecule has 0 radical (unpaired) electrons. The van der Waals surface area contributed by atoms with Crippen LogP contribution in [-0.2, 0) is 16.1 Å². The first kappa shape index (κ1) is 18.1. The van der Waals surface area contributed by atoms with Gasteiger partial charge in [0.25, 0.3) is 5.69 Å². The van der Waals surface area contributed by atoms with Gasteiger partial charge in [0.2, 0.25) is 0 Å². The lowest BCUT2D eigenvalue weighted by Gasteiger charge is -2.21. The molecule has 0 aromatic heterocycles. The van der Waals surface area contributed by atoms with Gasteiger partial charge in [-0.3, -0.25) is 19.7 Å². The normalized spacial score (nSPS) is 10.1. The Hall–Kier alpha value is -3.26. The van der Waals surface area contributed by atoms with Crippen LogP contribution in [0.5, 0.6) is 0 Å². The molecule has 8 nitrogen and oxygen atoms in total. The SMILES string of the molecule is O=C(Nc1cccc([N+](=O)[O-])c1)C(=O)N(CCO)Cc1ccccc1. The molecule has 0 aliphatic rings. The molecule has 0 fully saturated rings. The number of benzene rings is 2. The molecule has 25 heavy (non-hydrogen) atoms. The molecule has 2 amide bonds. The van der Waals surface area contributed by atoms with E-state index < -0.39 is 16.7 Å². The van der Waals surface area contributed by atoms with Crippen molar-refractivity contribution in [1.82, 2.24) is 4.90 Å². The van der Waals surface area contributed by atoms with Crippen LogP contribution < -0.4 is 5.32 Å². The summed E-state index contributed by atoms with van der Waals surface area (Å²) >= 11 is 0. The number of nitro benzene ring substituents is 1. The van der Waals surface area contributed by atoms with Crippen LogP contribution in [0.3, 0.4) is 0 Å². The lowest BCUT2D eigenvalue weighted by molar-refractivity contribution is -0.384. The Labute approximate surface area is 143 Å². The molecule has 0 bridgehead atoms. The number of carbonyl (C=O) groups is 2. The molecule has 2 N–H and O–H groups in total. The Balaban J connectivity index is 2.09. The van der Waals surface area contributed by atoms with Gasteiger partial charge in [0.1, 0.15) is 0 Å². The van der Waals surface area contributed by atoms with Gasteiger partial charge in [0.15, 0.2) is 0 Å². The largest absolute Gasteiger partial charge is 0.395 e. The van der Waals surface area contributed by atoms with Crippen LogP contribution in [-0.4, -0.2) is 39.9 Å². The topological polar surface area (TPSA) is 113 Å². The first-order valence-corrected chi connectivity index (χ1v) is 7.50. The van der Waals surface area contributed by atoms with E-state index in [2.05, 4.69) is 5.32 Å². The van der Waals surface area contributed by atoms with Gasteiger partial charge in [-0.1, -0.05) is 36.4 Å². The molecule has 2 rings (SSSR count). The van der Waals surface area contributed by atoms with Crippen molar-refractivity contribution in [2.24, 2.45) is 0 Å². The van der Waals surface area contributed by atoms with E-state index in [4.69, 9.17) is 5.11 Å². The van der Waals surface area contributed by atoms with E-state index in [9.17, 15) is 19.7 Å². The lowest BCUT2D eigenvalue weighted by Crippen LogP contribution is -2.40. The quantitative estimate of drug-likeness (QED) is 0.469. The highest BCUT2D eigenvalue weighted by Crippen LogP contribution is 2.17. The summed E-state index contributed by atoms with van der Waals surface area (Å²) in [6.45, 7) is -0.124. The summed E-state index contributed by atoms with van der Waals surface area (Å²) in [7, 11) is 0. The maximum Gasteiger partial charge on any atom is 0.313 e. The van der Waals surface area contributed by atoms with Crippen molar-refractivity contribution in [2.75, 3.05) is 18.5 Å². The van der Waals surface area contributed by atoms with Gasteiger partial charge in [-0.2, -0.15) is 0 Å². The number of rotatable bonds is 6.